The number of para-hydroxylation sites is 1. The molecule has 4 rings (SSSR count). The number of benzene rings is 3. The molecule has 0 aliphatic carbocycles. The summed E-state index contributed by atoms with van der Waals surface area (Å²) in [6, 6.07) is 19.5. The molecule has 12 heteroatoms. The molecule has 200 valence electrons. The zero-order chi connectivity index (χ0) is 27.8. The van der Waals surface area contributed by atoms with Gasteiger partial charge in [0.1, 0.15) is 12.4 Å². The highest BCUT2D eigenvalue weighted by Crippen LogP contribution is 2.34. The highest BCUT2D eigenvalue weighted by atomic mass is 32.2. The van der Waals surface area contributed by atoms with Crippen LogP contribution in [0.1, 0.15) is 5.56 Å². The van der Waals surface area contributed by atoms with Gasteiger partial charge in [-0.05, 0) is 53.7 Å². The molecule has 3 amide bonds. The van der Waals surface area contributed by atoms with Crippen molar-refractivity contribution in [1.29, 1.82) is 0 Å². The van der Waals surface area contributed by atoms with Crippen LogP contribution in [0, 0.1) is 10.1 Å². The molecule has 0 aromatic heterocycles. The third kappa shape index (κ3) is 7.14. The SMILES string of the molecule is COc1cc(/C=C2\SC(=O)N(CCOc3ccccc3)C2=O)ccc1OCC(=O)Nc1cccc([N+](=O)[O-])c1. The number of thioether (sulfide) groups is 1. The van der Waals surface area contributed by atoms with Gasteiger partial charge < -0.3 is 19.5 Å². The molecule has 0 atom stereocenters. The van der Waals surface area contributed by atoms with E-state index in [1.165, 1.54) is 31.4 Å². The largest absolute Gasteiger partial charge is 0.493 e. The number of ether oxygens (including phenoxy) is 3. The van der Waals surface area contributed by atoms with E-state index >= 15 is 0 Å². The van der Waals surface area contributed by atoms with Gasteiger partial charge in [0.25, 0.3) is 22.7 Å². The summed E-state index contributed by atoms with van der Waals surface area (Å²) >= 11 is 0.834. The van der Waals surface area contributed by atoms with Crippen LogP contribution in [0.2, 0.25) is 0 Å². The predicted molar refractivity (Wildman–Crippen MR) is 145 cm³/mol. The van der Waals surface area contributed by atoms with E-state index in [4.69, 9.17) is 14.2 Å². The second-order valence-electron chi connectivity index (χ2n) is 8.05. The minimum absolute atomic E-state index is 0.116. The number of hydrogen-bond donors (Lipinski definition) is 1. The van der Waals surface area contributed by atoms with Crippen molar-refractivity contribution in [1.82, 2.24) is 4.90 Å². The average molecular weight is 550 g/mol. The molecule has 0 spiro atoms. The molecule has 1 fully saturated rings. The van der Waals surface area contributed by atoms with Crippen molar-refractivity contribution in [2.45, 2.75) is 0 Å². The topological polar surface area (TPSA) is 137 Å². The summed E-state index contributed by atoms with van der Waals surface area (Å²) in [4.78, 5) is 49.2. The van der Waals surface area contributed by atoms with Gasteiger partial charge in [0.15, 0.2) is 18.1 Å². The summed E-state index contributed by atoms with van der Waals surface area (Å²) in [6.45, 7) is -0.0856. The van der Waals surface area contributed by atoms with E-state index < -0.39 is 16.7 Å². The number of nitro groups is 1. The Hall–Kier alpha value is -4.84. The first-order valence-electron chi connectivity index (χ1n) is 11.6. The summed E-state index contributed by atoms with van der Waals surface area (Å²) < 4.78 is 16.5. The van der Waals surface area contributed by atoms with Crippen LogP contribution in [0.25, 0.3) is 6.08 Å². The summed E-state index contributed by atoms with van der Waals surface area (Å²) in [7, 11) is 1.43. The number of rotatable bonds is 11. The number of anilines is 1. The number of carbonyl (C=O) groups is 3. The first-order chi connectivity index (χ1) is 18.8. The highest BCUT2D eigenvalue weighted by molar-refractivity contribution is 8.18. The van der Waals surface area contributed by atoms with Gasteiger partial charge in [-0.25, -0.2) is 0 Å². The van der Waals surface area contributed by atoms with Gasteiger partial charge in [-0.2, -0.15) is 0 Å². The van der Waals surface area contributed by atoms with E-state index in [0.717, 1.165) is 16.7 Å². The molecular weight excluding hydrogens is 526 g/mol. The lowest BCUT2D eigenvalue weighted by Gasteiger charge is -2.13. The number of nitro benzene ring substituents is 1. The zero-order valence-corrected chi connectivity index (χ0v) is 21.5. The fourth-order valence-electron chi connectivity index (χ4n) is 3.55. The number of nitrogens with one attached hydrogen (secondary N) is 1. The van der Waals surface area contributed by atoms with Crippen LogP contribution >= 0.6 is 11.8 Å². The minimum atomic E-state index is -0.556. The maximum absolute atomic E-state index is 12.8. The second kappa shape index (κ2) is 12.6. The molecule has 0 saturated carbocycles. The summed E-state index contributed by atoms with van der Waals surface area (Å²) in [6.07, 6.45) is 1.57. The van der Waals surface area contributed by atoms with E-state index in [1.54, 1.807) is 36.4 Å². The fraction of sp³-hybridized carbons (Fsp3) is 0.148. The fourth-order valence-corrected chi connectivity index (χ4v) is 4.41. The molecule has 1 saturated heterocycles. The Labute approximate surface area is 227 Å². The number of hydrogen-bond acceptors (Lipinski definition) is 9. The number of imide groups is 1. The van der Waals surface area contributed by atoms with Crippen LogP contribution in [0.15, 0.2) is 77.7 Å². The van der Waals surface area contributed by atoms with Gasteiger partial charge in [-0.1, -0.05) is 30.3 Å². The van der Waals surface area contributed by atoms with E-state index in [9.17, 15) is 24.5 Å². The van der Waals surface area contributed by atoms with E-state index in [-0.39, 0.29) is 47.0 Å². The molecule has 0 bridgehead atoms. The van der Waals surface area contributed by atoms with Gasteiger partial charge in [-0.3, -0.25) is 29.4 Å². The lowest BCUT2D eigenvalue weighted by molar-refractivity contribution is -0.384. The van der Waals surface area contributed by atoms with Gasteiger partial charge in [0.05, 0.1) is 23.5 Å². The van der Waals surface area contributed by atoms with Gasteiger partial charge >= 0.3 is 0 Å². The van der Waals surface area contributed by atoms with Gasteiger partial charge in [0.2, 0.25) is 0 Å². The molecule has 1 aliphatic heterocycles. The Morgan fingerprint density at radius 1 is 1.03 bits per heavy atom. The minimum Gasteiger partial charge on any atom is -0.493 e. The van der Waals surface area contributed by atoms with E-state index in [2.05, 4.69) is 5.32 Å². The zero-order valence-electron chi connectivity index (χ0n) is 20.7. The first-order valence-corrected chi connectivity index (χ1v) is 12.4. The maximum atomic E-state index is 12.8. The normalized spacial score (nSPS) is 13.9. The number of carbonyl (C=O) groups excluding carboxylic acids is 3. The van der Waals surface area contributed by atoms with Crippen LogP contribution in [0.5, 0.6) is 17.2 Å². The van der Waals surface area contributed by atoms with Crippen molar-refractivity contribution in [3.8, 4) is 17.2 Å². The number of non-ortho nitro benzene ring substituents is 1. The van der Waals surface area contributed by atoms with Gasteiger partial charge in [-0.15, -0.1) is 0 Å². The summed E-state index contributed by atoms with van der Waals surface area (Å²) in [5, 5.41) is 13.1. The Morgan fingerprint density at radius 3 is 2.56 bits per heavy atom. The molecule has 39 heavy (non-hydrogen) atoms. The Kier molecular flexibility index (Phi) is 8.79. The Balaban J connectivity index is 1.35. The van der Waals surface area contributed by atoms with Crippen LogP contribution < -0.4 is 19.5 Å². The molecule has 3 aromatic rings. The number of nitrogens with zero attached hydrogens (tertiary/aromatic N) is 2. The molecular formula is C27H23N3O8S. The van der Waals surface area contributed by atoms with E-state index in [1.807, 2.05) is 18.2 Å². The number of amides is 3. The van der Waals surface area contributed by atoms with Crippen LogP contribution in [-0.4, -0.2) is 53.7 Å². The average Bonchev–Trinajstić information content (AvgIpc) is 3.20. The Bertz CT molecular complexity index is 1430. The molecule has 1 heterocycles. The van der Waals surface area contributed by atoms with Crippen molar-refractivity contribution in [3.63, 3.8) is 0 Å². The van der Waals surface area contributed by atoms with E-state index in [0.29, 0.717) is 17.1 Å². The summed E-state index contributed by atoms with van der Waals surface area (Å²) in [5.74, 6) is 0.290. The Morgan fingerprint density at radius 2 is 1.82 bits per heavy atom. The lowest BCUT2D eigenvalue weighted by atomic mass is 10.2. The highest BCUT2D eigenvalue weighted by Gasteiger charge is 2.34. The summed E-state index contributed by atoms with van der Waals surface area (Å²) in [5.41, 5.74) is 0.705. The van der Waals surface area contributed by atoms with Crippen molar-refractivity contribution in [3.05, 3.63) is 93.4 Å². The smallest absolute Gasteiger partial charge is 0.293 e. The molecule has 3 aromatic carbocycles. The van der Waals surface area contributed by atoms with Crippen LogP contribution in [0.4, 0.5) is 16.2 Å². The van der Waals surface area contributed by atoms with Crippen molar-refractivity contribution in [2.24, 2.45) is 0 Å². The second-order valence-corrected chi connectivity index (χ2v) is 9.04. The monoisotopic (exact) mass is 549 g/mol. The van der Waals surface area contributed by atoms with Crippen molar-refractivity contribution in [2.75, 3.05) is 32.2 Å². The molecule has 1 aliphatic rings. The number of methoxy groups -OCH3 is 1. The quantitative estimate of drug-likeness (QED) is 0.204. The van der Waals surface area contributed by atoms with Crippen LogP contribution in [0.3, 0.4) is 0 Å². The predicted octanol–water partition coefficient (Wildman–Crippen LogP) is 4.74. The molecule has 0 radical (unpaired) electrons. The van der Waals surface area contributed by atoms with Crippen molar-refractivity contribution < 1.29 is 33.5 Å². The molecule has 11 nitrogen and oxygen atoms in total. The lowest BCUT2D eigenvalue weighted by Crippen LogP contribution is -2.32. The molecule has 1 N–H and O–H groups in total. The third-order valence-electron chi connectivity index (χ3n) is 5.39. The third-order valence-corrected chi connectivity index (χ3v) is 6.29. The molecule has 0 unspecified atom stereocenters. The maximum Gasteiger partial charge on any atom is 0.293 e. The van der Waals surface area contributed by atoms with Crippen molar-refractivity contribution >= 4 is 46.3 Å². The van der Waals surface area contributed by atoms with Crippen LogP contribution in [-0.2, 0) is 9.59 Å². The standard InChI is InChI=1S/C27H23N3O8S/c1-36-23-14-18(10-11-22(23)38-17-25(31)28-19-6-5-7-20(16-19)30(34)35)15-24-26(32)29(27(33)39-24)12-13-37-21-8-3-2-4-9-21/h2-11,14-16H,12-13,17H2,1H3,(H,28,31)/b24-15-. The first kappa shape index (κ1) is 27.2. The van der Waals surface area contributed by atoms with Gasteiger partial charge in [0, 0.05) is 17.8 Å².